The highest BCUT2D eigenvalue weighted by molar-refractivity contribution is 6.33. The number of nitrogens with zero attached hydrogens (tertiary/aromatic N) is 1. The van der Waals surface area contributed by atoms with E-state index in [0.717, 1.165) is 32.1 Å². The summed E-state index contributed by atoms with van der Waals surface area (Å²) in [6.45, 7) is 1.40. The number of anilines is 2. The number of rotatable bonds is 3. The second-order valence-electron chi connectivity index (χ2n) is 6.54. The second-order valence-corrected chi connectivity index (χ2v) is 6.95. The summed E-state index contributed by atoms with van der Waals surface area (Å²) in [4.78, 5) is 26.3. The van der Waals surface area contributed by atoms with Gasteiger partial charge in [0.15, 0.2) is 11.5 Å². The smallest absolute Gasteiger partial charge is 0.294 e. The normalized spacial score (nSPS) is 22.3. The highest BCUT2D eigenvalue weighted by Crippen LogP contribution is 2.41. The summed E-state index contributed by atoms with van der Waals surface area (Å²) in [6, 6.07) is 4.51. The van der Waals surface area contributed by atoms with E-state index in [-0.39, 0.29) is 17.3 Å². The first-order chi connectivity index (χ1) is 11.4. The summed E-state index contributed by atoms with van der Waals surface area (Å²) in [5, 5.41) is 10.7. The van der Waals surface area contributed by atoms with E-state index in [2.05, 4.69) is 0 Å². The number of amides is 1. The first-order valence-corrected chi connectivity index (χ1v) is 8.62. The minimum Gasteiger partial charge on any atom is -0.503 e. The fourth-order valence-corrected chi connectivity index (χ4v) is 3.97. The molecule has 0 spiro atoms. The van der Waals surface area contributed by atoms with E-state index < -0.39 is 17.7 Å². The van der Waals surface area contributed by atoms with E-state index in [1.54, 1.807) is 18.2 Å². The Morgan fingerprint density at radius 2 is 1.96 bits per heavy atom. The van der Waals surface area contributed by atoms with E-state index in [4.69, 9.17) is 17.3 Å². The monoisotopic (exact) mass is 348 g/mol. The molecule has 3 N–H and O–H groups in total. The maximum Gasteiger partial charge on any atom is 0.294 e. The van der Waals surface area contributed by atoms with Gasteiger partial charge in [0.1, 0.15) is 0 Å². The lowest BCUT2D eigenvalue weighted by Gasteiger charge is -2.35. The molecule has 5 nitrogen and oxygen atoms in total. The number of benzene rings is 1. The standard InChI is InChI=1S/C18H21ClN2O3/c1-10(22)15-16(11-5-3-2-4-6-11)21(18(24)17(15)23)12-7-8-13(19)14(20)9-12/h7-9,11,16,23H,2-6,20H2,1H3. The Morgan fingerprint density at radius 3 is 2.54 bits per heavy atom. The van der Waals surface area contributed by atoms with Crippen LogP contribution >= 0.6 is 11.6 Å². The van der Waals surface area contributed by atoms with E-state index in [0.29, 0.717) is 16.4 Å². The predicted molar refractivity (Wildman–Crippen MR) is 94.0 cm³/mol. The first-order valence-electron chi connectivity index (χ1n) is 8.24. The zero-order chi connectivity index (χ0) is 17.4. The summed E-state index contributed by atoms with van der Waals surface area (Å²) < 4.78 is 0. The molecular weight excluding hydrogens is 328 g/mol. The van der Waals surface area contributed by atoms with Gasteiger partial charge in [0, 0.05) is 5.69 Å². The molecule has 1 saturated carbocycles. The lowest BCUT2D eigenvalue weighted by atomic mass is 9.80. The maximum absolute atomic E-state index is 12.7. The Morgan fingerprint density at radius 1 is 1.29 bits per heavy atom. The Kier molecular flexibility index (Phi) is 4.54. The zero-order valence-corrected chi connectivity index (χ0v) is 14.3. The third kappa shape index (κ3) is 2.77. The molecule has 1 heterocycles. The van der Waals surface area contributed by atoms with Crippen LogP contribution in [0.2, 0.25) is 5.02 Å². The third-order valence-corrected chi connectivity index (χ3v) is 5.33. The van der Waals surface area contributed by atoms with E-state index in [9.17, 15) is 14.7 Å². The summed E-state index contributed by atoms with van der Waals surface area (Å²) in [7, 11) is 0. The molecule has 1 unspecified atom stereocenters. The number of aliphatic hydroxyl groups is 1. The highest BCUT2D eigenvalue weighted by atomic mass is 35.5. The SMILES string of the molecule is CC(=O)C1=C(O)C(=O)N(c2ccc(Cl)c(N)c2)C1C1CCCCC1. The molecule has 1 amide bonds. The molecule has 24 heavy (non-hydrogen) atoms. The molecule has 0 aromatic heterocycles. The Labute approximate surface area is 146 Å². The van der Waals surface area contributed by atoms with Crippen molar-refractivity contribution in [2.75, 3.05) is 10.6 Å². The van der Waals surface area contributed by atoms with Gasteiger partial charge in [-0.3, -0.25) is 14.5 Å². The quantitative estimate of drug-likeness (QED) is 0.817. The number of hydrogen-bond donors (Lipinski definition) is 2. The van der Waals surface area contributed by atoms with Crippen molar-refractivity contribution in [1.82, 2.24) is 0 Å². The summed E-state index contributed by atoms with van der Waals surface area (Å²) in [6.07, 6.45) is 5.16. The molecule has 0 radical (unpaired) electrons. The van der Waals surface area contributed by atoms with Crippen LogP contribution in [0.15, 0.2) is 29.5 Å². The molecule has 6 heteroatoms. The van der Waals surface area contributed by atoms with Crippen molar-refractivity contribution in [2.24, 2.45) is 5.92 Å². The largest absolute Gasteiger partial charge is 0.503 e. The van der Waals surface area contributed by atoms with Gasteiger partial charge in [-0.25, -0.2) is 0 Å². The van der Waals surface area contributed by atoms with Crippen LogP contribution in [0.25, 0.3) is 0 Å². The molecular formula is C18H21ClN2O3. The zero-order valence-electron chi connectivity index (χ0n) is 13.6. The molecule has 1 aliphatic heterocycles. The number of carbonyl (C=O) groups is 2. The van der Waals surface area contributed by atoms with Crippen molar-refractivity contribution in [3.05, 3.63) is 34.6 Å². The average Bonchev–Trinajstić information content (AvgIpc) is 2.83. The van der Waals surface area contributed by atoms with Gasteiger partial charge < -0.3 is 10.8 Å². The minimum absolute atomic E-state index is 0.156. The number of carbonyl (C=O) groups excluding carboxylic acids is 2. The van der Waals surface area contributed by atoms with Crippen LogP contribution in [-0.2, 0) is 9.59 Å². The molecule has 0 bridgehead atoms. The van der Waals surface area contributed by atoms with Crippen molar-refractivity contribution in [3.63, 3.8) is 0 Å². The fraction of sp³-hybridized carbons (Fsp3) is 0.444. The number of hydrogen-bond acceptors (Lipinski definition) is 4. The minimum atomic E-state index is -0.544. The second kappa shape index (κ2) is 6.48. The number of Topliss-reactive ketones (excluding diaryl/α,β-unsaturated/α-hetero) is 1. The van der Waals surface area contributed by atoms with Gasteiger partial charge in [0.05, 0.1) is 22.3 Å². The highest BCUT2D eigenvalue weighted by Gasteiger charge is 2.46. The maximum atomic E-state index is 12.7. The molecule has 1 fully saturated rings. The number of nitrogen functional groups attached to an aromatic ring is 1. The van der Waals surface area contributed by atoms with Crippen molar-refractivity contribution >= 4 is 34.7 Å². The van der Waals surface area contributed by atoms with Crippen LogP contribution in [0.5, 0.6) is 0 Å². The van der Waals surface area contributed by atoms with E-state index in [1.165, 1.54) is 11.8 Å². The molecule has 1 aliphatic carbocycles. The fourth-order valence-electron chi connectivity index (χ4n) is 3.86. The number of halogens is 1. The van der Waals surface area contributed by atoms with Crippen LogP contribution in [-0.4, -0.2) is 22.8 Å². The molecule has 3 rings (SSSR count). The number of aliphatic hydroxyl groups excluding tert-OH is 1. The van der Waals surface area contributed by atoms with Gasteiger partial charge >= 0.3 is 0 Å². The average molecular weight is 349 g/mol. The van der Waals surface area contributed by atoms with Gasteiger partial charge in [0.25, 0.3) is 5.91 Å². The van der Waals surface area contributed by atoms with Gasteiger partial charge in [0.2, 0.25) is 0 Å². The Hall–Kier alpha value is -2.01. The number of nitrogens with two attached hydrogens (primary N) is 1. The van der Waals surface area contributed by atoms with Gasteiger partial charge in [-0.05, 0) is 43.9 Å². The Bertz CT molecular complexity index is 723. The lowest BCUT2D eigenvalue weighted by molar-refractivity contribution is -0.117. The predicted octanol–water partition coefficient (Wildman–Crippen LogP) is 3.62. The van der Waals surface area contributed by atoms with Gasteiger partial charge in [-0.15, -0.1) is 0 Å². The first kappa shape index (κ1) is 16.8. The molecule has 1 aromatic carbocycles. The van der Waals surface area contributed by atoms with Crippen LogP contribution in [0.1, 0.15) is 39.0 Å². The summed E-state index contributed by atoms with van der Waals surface area (Å²) in [5.74, 6) is -1.09. The van der Waals surface area contributed by atoms with E-state index >= 15 is 0 Å². The third-order valence-electron chi connectivity index (χ3n) is 4.98. The molecule has 1 aromatic rings. The van der Waals surface area contributed by atoms with Gasteiger partial charge in [-0.1, -0.05) is 30.9 Å². The Balaban J connectivity index is 2.07. The summed E-state index contributed by atoms with van der Waals surface area (Å²) in [5.41, 5.74) is 7.01. The molecule has 1 atom stereocenters. The van der Waals surface area contributed by atoms with Crippen molar-refractivity contribution in [2.45, 2.75) is 45.1 Å². The van der Waals surface area contributed by atoms with Crippen molar-refractivity contribution in [3.8, 4) is 0 Å². The van der Waals surface area contributed by atoms with Crippen molar-refractivity contribution in [1.29, 1.82) is 0 Å². The van der Waals surface area contributed by atoms with Gasteiger partial charge in [-0.2, -0.15) is 0 Å². The van der Waals surface area contributed by atoms with Crippen LogP contribution < -0.4 is 10.6 Å². The summed E-state index contributed by atoms with van der Waals surface area (Å²) >= 11 is 5.97. The molecule has 2 aliphatic rings. The van der Waals surface area contributed by atoms with Crippen LogP contribution in [0.3, 0.4) is 0 Å². The topological polar surface area (TPSA) is 83.6 Å². The van der Waals surface area contributed by atoms with Crippen LogP contribution in [0, 0.1) is 5.92 Å². The molecule has 0 saturated heterocycles. The van der Waals surface area contributed by atoms with E-state index in [1.807, 2.05) is 0 Å². The molecule has 128 valence electrons. The van der Waals surface area contributed by atoms with Crippen molar-refractivity contribution < 1.29 is 14.7 Å². The lowest BCUT2D eigenvalue weighted by Crippen LogP contribution is -2.42. The van der Waals surface area contributed by atoms with Crippen LogP contribution in [0.4, 0.5) is 11.4 Å². The number of ketones is 1.